The van der Waals surface area contributed by atoms with Crippen LogP contribution < -0.4 is 16.6 Å². The number of carbonyl (C=O) groups is 1. The van der Waals surface area contributed by atoms with Crippen LogP contribution in [0.3, 0.4) is 0 Å². The number of anilines is 1. The van der Waals surface area contributed by atoms with Crippen molar-refractivity contribution in [3.63, 3.8) is 0 Å². The standard InChI is InChI=1S/C15H17ClN4O3/c1-23-9-11-6-14(22)20(15(17)19-11)8-13(21)18-7-10-4-2-3-5-12(10)16/h2-6H,7-9H2,1H3,(H2,17,19)(H,18,21). The highest BCUT2D eigenvalue weighted by Crippen LogP contribution is 2.14. The van der Waals surface area contributed by atoms with E-state index in [1.165, 1.54) is 13.2 Å². The Kier molecular flexibility index (Phi) is 5.72. The molecule has 1 heterocycles. The molecule has 0 radical (unpaired) electrons. The Labute approximate surface area is 138 Å². The van der Waals surface area contributed by atoms with Crippen molar-refractivity contribution in [3.05, 3.63) is 57.0 Å². The fourth-order valence-corrected chi connectivity index (χ4v) is 2.19. The van der Waals surface area contributed by atoms with Crippen LogP contribution in [0.2, 0.25) is 5.02 Å². The average Bonchev–Trinajstić information content (AvgIpc) is 2.50. The minimum absolute atomic E-state index is 0.0301. The highest BCUT2D eigenvalue weighted by Gasteiger charge is 2.10. The third-order valence-electron chi connectivity index (χ3n) is 3.12. The maximum Gasteiger partial charge on any atom is 0.255 e. The van der Waals surface area contributed by atoms with Crippen molar-refractivity contribution in [2.24, 2.45) is 0 Å². The second-order valence-corrected chi connectivity index (χ2v) is 5.24. The second kappa shape index (κ2) is 7.75. The zero-order chi connectivity index (χ0) is 16.8. The molecule has 0 spiro atoms. The van der Waals surface area contributed by atoms with Gasteiger partial charge in [0.15, 0.2) is 0 Å². The summed E-state index contributed by atoms with van der Waals surface area (Å²) in [7, 11) is 1.49. The number of rotatable bonds is 6. The first-order valence-corrected chi connectivity index (χ1v) is 7.24. The Morgan fingerprint density at radius 3 is 2.83 bits per heavy atom. The molecule has 122 valence electrons. The number of methoxy groups -OCH3 is 1. The maximum absolute atomic E-state index is 12.0. The van der Waals surface area contributed by atoms with E-state index in [0.717, 1.165) is 10.1 Å². The normalized spacial score (nSPS) is 10.5. The van der Waals surface area contributed by atoms with Crippen molar-refractivity contribution < 1.29 is 9.53 Å². The zero-order valence-electron chi connectivity index (χ0n) is 12.6. The van der Waals surface area contributed by atoms with Gasteiger partial charge in [0.25, 0.3) is 5.56 Å². The number of nitrogens with two attached hydrogens (primary N) is 1. The van der Waals surface area contributed by atoms with Crippen LogP contribution in [0.1, 0.15) is 11.3 Å². The molecule has 0 aliphatic heterocycles. The Balaban J connectivity index is 2.03. The highest BCUT2D eigenvalue weighted by atomic mass is 35.5. The smallest absolute Gasteiger partial charge is 0.255 e. The molecule has 0 atom stereocenters. The molecule has 7 nitrogen and oxygen atoms in total. The Morgan fingerprint density at radius 1 is 1.43 bits per heavy atom. The summed E-state index contributed by atoms with van der Waals surface area (Å²) in [5.74, 6) is -0.391. The lowest BCUT2D eigenvalue weighted by molar-refractivity contribution is -0.121. The summed E-state index contributed by atoms with van der Waals surface area (Å²) in [6.07, 6.45) is 0. The van der Waals surface area contributed by atoms with E-state index in [-0.39, 0.29) is 31.6 Å². The van der Waals surface area contributed by atoms with E-state index in [9.17, 15) is 9.59 Å². The van der Waals surface area contributed by atoms with Gasteiger partial charge >= 0.3 is 0 Å². The van der Waals surface area contributed by atoms with Crippen molar-refractivity contribution in [1.29, 1.82) is 0 Å². The number of hydrogen-bond acceptors (Lipinski definition) is 5. The number of halogens is 1. The predicted molar refractivity (Wildman–Crippen MR) is 86.9 cm³/mol. The summed E-state index contributed by atoms with van der Waals surface area (Å²) in [6.45, 7) is 0.233. The van der Waals surface area contributed by atoms with Crippen LogP contribution in [0.25, 0.3) is 0 Å². The number of hydrogen-bond donors (Lipinski definition) is 2. The fourth-order valence-electron chi connectivity index (χ4n) is 1.99. The Morgan fingerprint density at radius 2 is 2.17 bits per heavy atom. The van der Waals surface area contributed by atoms with E-state index in [1.54, 1.807) is 12.1 Å². The van der Waals surface area contributed by atoms with Crippen molar-refractivity contribution in [2.75, 3.05) is 12.8 Å². The summed E-state index contributed by atoms with van der Waals surface area (Å²) in [4.78, 5) is 28.0. The average molecular weight is 337 g/mol. The van der Waals surface area contributed by atoms with Gasteiger partial charge in [0.1, 0.15) is 6.54 Å². The molecule has 0 fully saturated rings. The largest absolute Gasteiger partial charge is 0.378 e. The molecular formula is C15H17ClN4O3. The number of nitrogen functional groups attached to an aromatic ring is 1. The first-order chi connectivity index (χ1) is 11.0. The third kappa shape index (κ3) is 4.54. The molecule has 2 rings (SSSR count). The van der Waals surface area contributed by atoms with Crippen LogP contribution >= 0.6 is 11.6 Å². The van der Waals surface area contributed by atoms with E-state index in [4.69, 9.17) is 22.1 Å². The van der Waals surface area contributed by atoms with E-state index in [0.29, 0.717) is 10.7 Å². The molecule has 8 heteroatoms. The molecule has 2 aromatic rings. The van der Waals surface area contributed by atoms with Crippen LogP contribution in [-0.4, -0.2) is 22.6 Å². The van der Waals surface area contributed by atoms with E-state index >= 15 is 0 Å². The van der Waals surface area contributed by atoms with Crippen LogP contribution in [-0.2, 0) is 29.2 Å². The molecule has 23 heavy (non-hydrogen) atoms. The van der Waals surface area contributed by atoms with Crippen LogP contribution in [0.5, 0.6) is 0 Å². The summed E-state index contributed by atoms with van der Waals surface area (Å²) in [5, 5.41) is 3.26. The zero-order valence-corrected chi connectivity index (χ0v) is 13.3. The second-order valence-electron chi connectivity index (χ2n) is 4.83. The van der Waals surface area contributed by atoms with Gasteiger partial charge < -0.3 is 15.8 Å². The topological polar surface area (TPSA) is 99.2 Å². The van der Waals surface area contributed by atoms with Crippen molar-refractivity contribution >= 4 is 23.5 Å². The quantitative estimate of drug-likeness (QED) is 0.818. The number of ether oxygens (including phenoxy) is 1. The van der Waals surface area contributed by atoms with Gasteiger partial charge in [-0.25, -0.2) is 4.98 Å². The van der Waals surface area contributed by atoms with E-state index in [2.05, 4.69) is 10.3 Å². The number of amides is 1. The Bertz CT molecular complexity index is 761. The van der Waals surface area contributed by atoms with Crippen molar-refractivity contribution in [2.45, 2.75) is 19.7 Å². The minimum Gasteiger partial charge on any atom is -0.378 e. The molecule has 0 aliphatic rings. The van der Waals surface area contributed by atoms with E-state index < -0.39 is 5.56 Å². The lowest BCUT2D eigenvalue weighted by Crippen LogP contribution is -2.34. The summed E-state index contributed by atoms with van der Waals surface area (Å²) in [5.41, 5.74) is 6.53. The molecule has 0 bridgehead atoms. The molecule has 1 aromatic carbocycles. The third-order valence-corrected chi connectivity index (χ3v) is 3.49. The minimum atomic E-state index is -0.405. The summed E-state index contributed by atoms with van der Waals surface area (Å²) in [6, 6.07) is 8.48. The van der Waals surface area contributed by atoms with E-state index in [1.807, 2.05) is 12.1 Å². The van der Waals surface area contributed by atoms with Crippen LogP contribution in [0, 0.1) is 0 Å². The van der Waals surface area contributed by atoms with Gasteiger partial charge in [0.2, 0.25) is 11.9 Å². The lowest BCUT2D eigenvalue weighted by Gasteiger charge is -2.11. The van der Waals surface area contributed by atoms with Gasteiger partial charge in [-0.15, -0.1) is 0 Å². The molecule has 0 unspecified atom stereocenters. The molecule has 0 saturated carbocycles. The van der Waals surface area contributed by atoms with Crippen molar-refractivity contribution in [1.82, 2.24) is 14.9 Å². The molecule has 3 N–H and O–H groups in total. The number of aromatic nitrogens is 2. The first kappa shape index (κ1) is 17.0. The fraction of sp³-hybridized carbons (Fsp3) is 0.267. The number of carbonyl (C=O) groups excluding carboxylic acids is 1. The molecule has 1 aromatic heterocycles. The Hall–Kier alpha value is -2.38. The van der Waals surface area contributed by atoms with Gasteiger partial charge in [0, 0.05) is 24.7 Å². The lowest BCUT2D eigenvalue weighted by atomic mass is 10.2. The first-order valence-electron chi connectivity index (χ1n) is 6.86. The number of nitrogens with one attached hydrogen (secondary N) is 1. The molecule has 1 amide bonds. The summed E-state index contributed by atoms with van der Waals surface area (Å²) < 4.78 is 6.00. The van der Waals surface area contributed by atoms with Crippen molar-refractivity contribution in [3.8, 4) is 0 Å². The molecule has 0 aliphatic carbocycles. The van der Waals surface area contributed by atoms with Gasteiger partial charge in [-0.2, -0.15) is 0 Å². The monoisotopic (exact) mass is 336 g/mol. The van der Waals surface area contributed by atoms with Gasteiger partial charge in [-0.1, -0.05) is 29.8 Å². The predicted octanol–water partition coefficient (Wildman–Crippen LogP) is 0.942. The SMILES string of the molecule is COCc1cc(=O)n(CC(=O)NCc2ccccc2Cl)c(N)n1. The molecule has 0 saturated heterocycles. The number of nitrogens with zero attached hydrogens (tertiary/aromatic N) is 2. The van der Waals surface area contributed by atoms with Crippen LogP contribution in [0.15, 0.2) is 35.1 Å². The van der Waals surface area contributed by atoms with Gasteiger partial charge in [-0.05, 0) is 11.6 Å². The van der Waals surface area contributed by atoms with Gasteiger partial charge in [-0.3, -0.25) is 14.2 Å². The van der Waals surface area contributed by atoms with Crippen LogP contribution in [0.4, 0.5) is 5.95 Å². The maximum atomic E-state index is 12.0. The molecular weight excluding hydrogens is 320 g/mol. The summed E-state index contributed by atoms with van der Waals surface area (Å²) >= 11 is 6.02. The number of benzene rings is 1. The van der Waals surface area contributed by atoms with Gasteiger partial charge in [0.05, 0.1) is 12.3 Å². The highest BCUT2D eigenvalue weighted by molar-refractivity contribution is 6.31.